The van der Waals surface area contributed by atoms with E-state index in [0.29, 0.717) is 57.5 Å². The van der Waals surface area contributed by atoms with Crippen molar-refractivity contribution < 1.29 is 22.8 Å². The van der Waals surface area contributed by atoms with Crippen LogP contribution in [0.15, 0.2) is 30.3 Å². The minimum atomic E-state index is -4.73. The van der Waals surface area contributed by atoms with Crippen molar-refractivity contribution in [2.45, 2.75) is 51.2 Å². The van der Waals surface area contributed by atoms with Crippen LogP contribution in [0.4, 0.5) is 24.8 Å². The number of nitriles is 1. The van der Waals surface area contributed by atoms with Gasteiger partial charge in [0.15, 0.2) is 0 Å². The number of hydrogen-bond donors (Lipinski definition) is 2. The van der Waals surface area contributed by atoms with Crippen molar-refractivity contribution in [3.63, 3.8) is 0 Å². The number of carbonyl (C=O) groups excluding carboxylic acids is 2. The van der Waals surface area contributed by atoms with E-state index in [1.54, 1.807) is 23.1 Å². The number of rotatable bonds is 8. The lowest BCUT2D eigenvalue weighted by Gasteiger charge is -2.34. The number of piperidine rings is 1. The van der Waals surface area contributed by atoms with Crippen LogP contribution in [0.5, 0.6) is 0 Å². The molecule has 4 rings (SSSR count). The highest BCUT2D eigenvalue weighted by Crippen LogP contribution is 2.33. The van der Waals surface area contributed by atoms with Crippen molar-refractivity contribution in [1.29, 1.82) is 5.26 Å². The molecule has 1 unspecified atom stereocenters. The Morgan fingerprint density at radius 3 is 2.38 bits per heavy atom. The number of benzene rings is 1. The van der Waals surface area contributed by atoms with Crippen LogP contribution in [0.2, 0.25) is 0 Å². The zero-order valence-electron chi connectivity index (χ0n) is 21.8. The summed E-state index contributed by atoms with van der Waals surface area (Å²) < 4.78 is 41.3. The summed E-state index contributed by atoms with van der Waals surface area (Å²) in [5.74, 6) is -1.04. The zero-order chi connectivity index (χ0) is 28.0. The van der Waals surface area contributed by atoms with Crippen molar-refractivity contribution in [2.24, 2.45) is 5.92 Å². The van der Waals surface area contributed by atoms with Crippen LogP contribution >= 0.6 is 0 Å². The Morgan fingerprint density at radius 2 is 1.74 bits per heavy atom. The lowest BCUT2D eigenvalue weighted by Crippen LogP contribution is -2.44. The van der Waals surface area contributed by atoms with E-state index < -0.39 is 18.0 Å². The Balaban J connectivity index is 1.44. The summed E-state index contributed by atoms with van der Waals surface area (Å²) >= 11 is 0. The summed E-state index contributed by atoms with van der Waals surface area (Å²) in [6.07, 6.45) is -1.56. The predicted octanol–water partition coefficient (Wildman–Crippen LogP) is 3.05. The molecule has 1 atom stereocenters. The van der Waals surface area contributed by atoms with Gasteiger partial charge < -0.3 is 20.4 Å². The fraction of sp³-hybridized carbons (Fsp3) is 0.519. The number of aromatic nitrogens is 2. The van der Waals surface area contributed by atoms with E-state index >= 15 is 0 Å². The number of nitrogens with one attached hydrogen (secondary N) is 2. The van der Waals surface area contributed by atoms with Crippen LogP contribution in [-0.4, -0.2) is 60.5 Å². The number of alkyl halides is 3. The highest BCUT2D eigenvalue weighted by Gasteiger charge is 2.38. The molecule has 12 heteroatoms. The van der Waals surface area contributed by atoms with Crippen molar-refractivity contribution in [2.75, 3.05) is 42.5 Å². The molecule has 9 nitrogen and oxygen atoms in total. The van der Waals surface area contributed by atoms with Gasteiger partial charge in [-0.05, 0) is 55.7 Å². The van der Waals surface area contributed by atoms with Gasteiger partial charge in [0.2, 0.25) is 17.6 Å². The number of carbonyl (C=O) groups is 2. The first-order valence-corrected chi connectivity index (χ1v) is 13.1. The molecule has 0 radical (unpaired) electrons. The molecule has 2 N–H and O–H groups in total. The Hall–Kier alpha value is -3.88. The van der Waals surface area contributed by atoms with Crippen LogP contribution in [0.1, 0.15) is 49.6 Å². The molecule has 3 heterocycles. The molecule has 2 aliphatic heterocycles. The summed E-state index contributed by atoms with van der Waals surface area (Å²) in [5.41, 5.74) is 1.52. The molecule has 2 fully saturated rings. The lowest BCUT2D eigenvalue weighted by atomic mass is 9.97. The normalized spacial score (nSPS) is 18.1. The molecule has 2 saturated heterocycles. The quantitative estimate of drug-likeness (QED) is 0.526. The largest absolute Gasteiger partial charge is 0.451 e. The summed E-state index contributed by atoms with van der Waals surface area (Å²) in [5, 5.41) is 14.6. The van der Waals surface area contributed by atoms with Crippen molar-refractivity contribution >= 4 is 23.5 Å². The van der Waals surface area contributed by atoms with Gasteiger partial charge in [0, 0.05) is 45.7 Å². The second kappa shape index (κ2) is 12.3. The Kier molecular flexibility index (Phi) is 8.89. The Morgan fingerprint density at radius 1 is 1.05 bits per heavy atom. The van der Waals surface area contributed by atoms with E-state index in [4.69, 9.17) is 5.26 Å². The third-order valence-corrected chi connectivity index (χ3v) is 7.18. The lowest BCUT2D eigenvalue weighted by molar-refractivity contribution is -0.144. The molecular formula is C27H32F3N7O2. The maximum atomic E-state index is 13.8. The fourth-order valence-corrected chi connectivity index (χ4v) is 5.02. The Bertz CT molecular complexity index is 1210. The SMILES string of the molecule is CC(=O)NCC1CCN(c2cc(N3CCCC3C(=O)NCCc3ccc(C#N)cc3)nc(C(F)(F)F)n2)CC1. The van der Waals surface area contributed by atoms with Gasteiger partial charge in [-0.15, -0.1) is 0 Å². The van der Waals surface area contributed by atoms with Gasteiger partial charge in [0.25, 0.3) is 0 Å². The number of hydrogen-bond acceptors (Lipinski definition) is 7. The van der Waals surface area contributed by atoms with Crippen LogP contribution < -0.4 is 20.4 Å². The molecule has 0 aliphatic carbocycles. The first-order valence-electron chi connectivity index (χ1n) is 13.1. The molecule has 2 aliphatic rings. The molecule has 1 aromatic heterocycles. The van der Waals surface area contributed by atoms with Gasteiger partial charge in [0.1, 0.15) is 17.7 Å². The molecule has 2 amide bonds. The maximum Gasteiger partial charge on any atom is 0.451 e. The van der Waals surface area contributed by atoms with E-state index in [0.717, 1.165) is 18.4 Å². The van der Waals surface area contributed by atoms with E-state index in [1.807, 2.05) is 17.0 Å². The maximum absolute atomic E-state index is 13.8. The van der Waals surface area contributed by atoms with E-state index in [9.17, 15) is 22.8 Å². The number of nitrogens with zero attached hydrogens (tertiary/aromatic N) is 5. The van der Waals surface area contributed by atoms with Gasteiger partial charge in [-0.3, -0.25) is 9.59 Å². The topological polar surface area (TPSA) is 114 Å². The highest BCUT2D eigenvalue weighted by atomic mass is 19.4. The molecular weight excluding hydrogens is 511 g/mol. The second-order valence-electron chi connectivity index (χ2n) is 9.97. The minimum absolute atomic E-state index is 0.0948. The molecule has 208 valence electrons. The van der Waals surface area contributed by atoms with Gasteiger partial charge in [-0.25, -0.2) is 9.97 Å². The third kappa shape index (κ3) is 7.37. The predicted molar refractivity (Wildman–Crippen MR) is 139 cm³/mol. The molecule has 1 aromatic carbocycles. The van der Waals surface area contributed by atoms with E-state index in [2.05, 4.69) is 26.7 Å². The van der Waals surface area contributed by atoms with E-state index in [1.165, 1.54) is 6.92 Å². The summed E-state index contributed by atoms with van der Waals surface area (Å²) in [6, 6.07) is 10.1. The number of anilines is 2. The summed E-state index contributed by atoms with van der Waals surface area (Å²) in [6.45, 7) is 3.80. The van der Waals surface area contributed by atoms with Crippen LogP contribution in [-0.2, 0) is 22.2 Å². The van der Waals surface area contributed by atoms with Crippen LogP contribution in [0.3, 0.4) is 0 Å². The van der Waals surface area contributed by atoms with Gasteiger partial charge in [0.05, 0.1) is 11.6 Å². The van der Waals surface area contributed by atoms with Gasteiger partial charge in [-0.1, -0.05) is 12.1 Å². The number of amides is 2. The van der Waals surface area contributed by atoms with Crippen molar-refractivity contribution in [3.8, 4) is 6.07 Å². The smallest absolute Gasteiger partial charge is 0.356 e. The van der Waals surface area contributed by atoms with Crippen LogP contribution in [0.25, 0.3) is 0 Å². The monoisotopic (exact) mass is 543 g/mol. The molecule has 39 heavy (non-hydrogen) atoms. The van der Waals surface area contributed by atoms with Crippen molar-refractivity contribution in [3.05, 3.63) is 47.3 Å². The molecule has 0 bridgehead atoms. The fourth-order valence-electron chi connectivity index (χ4n) is 5.02. The first kappa shape index (κ1) is 28.1. The third-order valence-electron chi connectivity index (χ3n) is 7.18. The van der Waals surface area contributed by atoms with Crippen molar-refractivity contribution in [1.82, 2.24) is 20.6 Å². The average molecular weight is 544 g/mol. The average Bonchev–Trinajstić information content (AvgIpc) is 3.42. The van der Waals surface area contributed by atoms with Crippen LogP contribution in [0, 0.1) is 17.2 Å². The highest BCUT2D eigenvalue weighted by molar-refractivity contribution is 5.85. The molecule has 2 aromatic rings. The molecule has 0 spiro atoms. The summed E-state index contributed by atoms with van der Waals surface area (Å²) in [7, 11) is 0. The standard InChI is InChI=1S/C27H32F3N7O2/c1-18(38)33-17-21-9-13-36(14-10-21)23-15-24(35-26(34-23)27(28,29)30)37-12-2-3-22(37)25(39)32-11-8-19-4-6-20(16-31)7-5-19/h4-7,15,21-22H,2-3,8-14,17H2,1H3,(H,32,39)(H,33,38). The second-order valence-corrected chi connectivity index (χ2v) is 9.97. The molecule has 0 saturated carbocycles. The van der Waals surface area contributed by atoms with Gasteiger partial charge >= 0.3 is 6.18 Å². The summed E-state index contributed by atoms with van der Waals surface area (Å²) in [4.78, 5) is 35.4. The zero-order valence-corrected chi connectivity index (χ0v) is 21.8. The minimum Gasteiger partial charge on any atom is -0.356 e. The van der Waals surface area contributed by atoms with E-state index in [-0.39, 0.29) is 29.4 Å². The first-order chi connectivity index (χ1) is 18.6. The number of halogens is 3. The Labute approximate surface area is 225 Å². The van der Waals surface area contributed by atoms with Gasteiger partial charge in [-0.2, -0.15) is 18.4 Å².